The highest BCUT2D eigenvalue weighted by atomic mass is 35.5. The van der Waals surface area contributed by atoms with Crippen LogP contribution in [0.2, 0.25) is 10.0 Å². The number of halogens is 3. The predicted molar refractivity (Wildman–Crippen MR) is 80.4 cm³/mol. The molecule has 0 radical (unpaired) electrons. The topological polar surface area (TPSA) is 21.3 Å². The van der Waals surface area contributed by atoms with Crippen molar-refractivity contribution in [3.63, 3.8) is 0 Å². The molecule has 0 amide bonds. The maximum atomic E-state index is 14.0. The highest BCUT2D eigenvalue weighted by Crippen LogP contribution is 2.33. The molecule has 2 rings (SSSR count). The first-order chi connectivity index (χ1) is 9.51. The zero-order valence-electron chi connectivity index (χ0n) is 11.1. The van der Waals surface area contributed by atoms with Crippen LogP contribution >= 0.6 is 23.2 Å². The van der Waals surface area contributed by atoms with Gasteiger partial charge in [-0.15, -0.1) is 0 Å². The van der Waals surface area contributed by atoms with E-state index in [0.29, 0.717) is 15.8 Å². The van der Waals surface area contributed by atoms with Crippen molar-refractivity contribution in [2.24, 2.45) is 0 Å². The minimum Gasteiger partial charge on any atom is -0.453 e. The third kappa shape index (κ3) is 3.42. The van der Waals surface area contributed by atoms with Crippen molar-refractivity contribution in [3.05, 3.63) is 57.8 Å². The Morgan fingerprint density at radius 1 is 1.10 bits per heavy atom. The SMILES string of the molecule is CNC(C)c1ccc(Oc2ccc(Cl)cc2Cl)c(F)c1. The van der Waals surface area contributed by atoms with E-state index in [9.17, 15) is 4.39 Å². The van der Waals surface area contributed by atoms with Gasteiger partial charge in [0.05, 0.1) is 5.02 Å². The molecule has 0 fully saturated rings. The lowest BCUT2D eigenvalue weighted by Gasteiger charge is -2.13. The highest BCUT2D eigenvalue weighted by molar-refractivity contribution is 6.35. The summed E-state index contributed by atoms with van der Waals surface area (Å²) >= 11 is 11.8. The molecule has 0 bridgehead atoms. The molecule has 0 heterocycles. The van der Waals surface area contributed by atoms with Crippen molar-refractivity contribution in [2.45, 2.75) is 13.0 Å². The van der Waals surface area contributed by atoms with E-state index in [-0.39, 0.29) is 11.8 Å². The molecule has 0 spiro atoms. The summed E-state index contributed by atoms with van der Waals surface area (Å²) in [7, 11) is 1.82. The van der Waals surface area contributed by atoms with E-state index in [0.717, 1.165) is 5.56 Å². The molecule has 2 aromatic carbocycles. The standard InChI is InChI=1S/C15H14Cl2FNO/c1-9(19-2)10-3-5-15(13(18)7-10)20-14-6-4-11(16)8-12(14)17/h3-9,19H,1-2H3. The fraction of sp³-hybridized carbons (Fsp3) is 0.200. The Hall–Kier alpha value is -1.29. The van der Waals surface area contributed by atoms with Gasteiger partial charge in [0, 0.05) is 11.1 Å². The third-order valence-corrected chi connectivity index (χ3v) is 3.53. The van der Waals surface area contributed by atoms with E-state index in [4.69, 9.17) is 27.9 Å². The molecule has 2 nitrogen and oxygen atoms in total. The number of ether oxygens (including phenoxy) is 1. The van der Waals surface area contributed by atoms with Gasteiger partial charge >= 0.3 is 0 Å². The van der Waals surface area contributed by atoms with Crippen LogP contribution < -0.4 is 10.1 Å². The number of hydrogen-bond acceptors (Lipinski definition) is 2. The normalized spacial score (nSPS) is 12.2. The monoisotopic (exact) mass is 313 g/mol. The summed E-state index contributed by atoms with van der Waals surface area (Å²) < 4.78 is 19.5. The quantitative estimate of drug-likeness (QED) is 0.837. The number of hydrogen-bond donors (Lipinski definition) is 1. The van der Waals surface area contributed by atoms with Crippen LogP contribution in [0.4, 0.5) is 4.39 Å². The Bertz CT molecular complexity index is 619. The van der Waals surface area contributed by atoms with Crippen LogP contribution in [0.15, 0.2) is 36.4 Å². The van der Waals surface area contributed by atoms with Crippen LogP contribution in [0.25, 0.3) is 0 Å². The van der Waals surface area contributed by atoms with E-state index < -0.39 is 5.82 Å². The van der Waals surface area contributed by atoms with Gasteiger partial charge in [0.25, 0.3) is 0 Å². The van der Waals surface area contributed by atoms with Crippen LogP contribution in [0.5, 0.6) is 11.5 Å². The lowest BCUT2D eigenvalue weighted by atomic mass is 10.1. The fourth-order valence-corrected chi connectivity index (χ4v) is 2.16. The first-order valence-electron chi connectivity index (χ1n) is 6.11. The second kappa shape index (κ2) is 6.44. The van der Waals surface area contributed by atoms with Crippen LogP contribution in [-0.4, -0.2) is 7.05 Å². The summed E-state index contributed by atoms with van der Waals surface area (Å²) in [5.41, 5.74) is 0.847. The van der Waals surface area contributed by atoms with Gasteiger partial charge in [0.2, 0.25) is 0 Å². The second-order valence-electron chi connectivity index (χ2n) is 4.38. The minimum atomic E-state index is -0.435. The van der Waals surface area contributed by atoms with Gasteiger partial charge in [-0.25, -0.2) is 4.39 Å². The maximum absolute atomic E-state index is 14.0. The summed E-state index contributed by atoms with van der Waals surface area (Å²) in [5.74, 6) is 0.0567. The van der Waals surface area contributed by atoms with Gasteiger partial charge < -0.3 is 10.1 Å². The van der Waals surface area contributed by atoms with Crippen LogP contribution in [0.1, 0.15) is 18.5 Å². The Morgan fingerprint density at radius 3 is 2.40 bits per heavy atom. The van der Waals surface area contributed by atoms with E-state index in [1.165, 1.54) is 6.07 Å². The summed E-state index contributed by atoms with van der Waals surface area (Å²) in [5, 5.41) is 3.89. The summed E-state index contributed by atoms with van der Waals surface area (Å²) in [6.45, 7) is 1.95. The number of nitrogens with one attached hydrogen (secondary N) is 1. The molecule has 106 valence electrons. The van der Waals surface area contributed by atoms with Gasteiger partial charge in [0.1, 0.15) is 5.75 Å². The molecule has 0 aliphatic carbocycles. The Kier molecular flexibility index (Phi) is 4.86. The number of rotatable bonds is 4. The van der Waals surface area contributed by atoms with E-state index in [1.54, 1.807) is 24.3 Å². The smallest absolute Gasteiger partial charge is 0.166 e. The molecule has 5 heteroatoms. The number of benzene rings is 2. The summed E-state index contributed by atoms with van der Waals surface area (Å²) in [4.78, 5) is 0. The van der Waals surface area contributed by atoms with Crippen molar-refractivity contribution >= 4 is 23.2 Å². The Morgan fingerprint density at radius 2 is 1.80 bits per heavy atom. The molecule has 1 atom stereocenters. The molecule has 20 heavy (non-hydrogen) atoms. The molecular weight excluding hydrogens is 300 g/mol. The van der Waals surface area contributed by atoms with Gasteiger partial charge in [-0.3, -0.25) is 0 Å². The van der Waals surface area contributed by atoms with Crippen molar-refractivity contribution in [1.29, 1.82) is 0 Å². The minimum absolute atomic E-state index is 0.0673. The zero-order valence-corrected chi connectivity index (χ0v) is 12.6. The van der Waals surface area contributed by atoms with Crippen molar-refractivity contribution < 1.29 is 9.13 Å². The van der Waals surface area contributed by atoms with Crippen molar-refractivity contribution in [2.75, 3.05) is 7.05 Å². The van der Waals surface area contributed by atoms with Crippen molar-refractivity contribution in [3.8, 4) is 11.5 Å². The third-order valence-electron chi connectivity index (χ3n) is 3.00. The van der Waals surface area contributed by atoms with Gasteiger partial charge in [-0.2, -0.15) is 0 Å². The average molecular weight is 314 g/mol. The molecular formula is C15H14Cl2FNO. The molecule has 0 aliphatic rings. The maximum Gasteiger partial charge on any atom is 0.166 e. The molecule has 2 aromatic rings. The van der Waals surface area contributed by atoms with Gasteiger partial charge in [-0.05, 0) is 49.9 Å². The van der Waals surface area contributed by atoms with Crippen LogP contribution in [0.3, 0.4) is 0 Å². The van der Waals surface area contributed by atoms with E-state index in [1.807, 2.05) is 20.0 Å². The molecule has 1 unspecified atom stereocenters. The summed E-state index contributed by atoms with van der Waals surface area (Å²) in [6, 6.07) is 9.70. The predicted octanol–water partition coefficient (Wildman–Crippen LogP) is 5.21. The first kappa shape index (κ1) is 15.1. The fourth-order valence-electron chi connectivity index (χ4n) is 1.71. The molecule has 0 saturated heterocycles. The summed E-state index contributed by atoms with van der Waals surface area (Å²) in [6.07, 6.45) is 0. The first-order valence-corrected chi connectivity index (χ1v) is 6.86. The van der Waals surface area contributed by atoms with Crippen molar-refractivity contribution in [1.82, 2.24) is 5.32 Å². The van der Waals surface area contributed by atoms with Gasteiger partial charge in [-0.1, -0.05) is 29.3 Å². The largest absolute Gasteiger partial charge is 0.453 e. The van der Waals surface area contributed by atoms with Gasteiger partial charge in [0.15, 0.2) is 11.6 Å². The average Bonchev–Trinajstić information content (AvgIpc) is 2.42. The molecule has 0 aromatic heterocycles. The van der Waals surface area contributed by atoms with E-state index in [2.05, 4.69) is 5.32 Å². The van der Waals surface area contributed by atoms with Crippen LogP contribution in [0, 0.1) is 5.82 Å². The lowest BCUT2D eigenvalue weighted by molar-refractivity contribution is 0.441. The van der Waals surface area contributed by atoms with E-state index >= 15 is 0 Å². The molecule has 0 saturated carbocycles. The highest BCUT2D eigenvalue weighted by Gasteiger charge is 2.11. The Labute approximate surface area is 127 Å². The lowest BCUT2D eigenvalue weighted by Crippen LogP contribution is -2.12. The second-order valence-corrected chi connectivity index (χ2v) is 5.22. The Balaban J connectivity index is 2.25. The molecule has 0 aliphatic heterocycles. The van der Waals surface area contributed by atoms with Crippen LogP contribution in [-0.2, 0) is 0 Å². The zero-order chi connectivity index (χ0) is 14.7. The molecule has 1 N–H and O–H groups in total.